The number of nitrogens with one attached hydrogen (secondary N) is 1. The van der Waals surface area contributed by atoms with Crippen molar-refractivity contribution in [1.82, 2.24) is 14.6 Å². The number of hydrogen-bond donors (Lipinski definition) is 2. The lowest BCUT2D eigenvalue weighted by molar-refractivity contribution is -0.141. The molecule has 1 aliphatic rings. The van der Waals surface area contributed by atoms with Crippen LogP contribution < -0.4 is 5.32 Å². The van der Waals surface area contributed by atoms with E-state index in [1.165, 1.54) is 0 Å². The summed E-state index contributed by atoms with van der Waals surface area (Å²) in [4.78, 5) is 15.5. The topological polar surface area (TPSA) is 79.5 Å². The third kappa shape index (κ3) is 1.90. The van der Waals surface area contributed by atoms with E-state index in [1.54, 1.807) is 10.7 Å². The Hall–Kier alpha value is -2.11. The average Bonchev–Trinajstić information content (AvgIpc) is 2.96. The van der Waals surface area contributed by atoms with E-state index in [4.69, 9.17) is 5.11 Å². The van der Waals surface area contributed by atoms with Gasteiger partial charge in [-0.2, -0.15) is 5.10 Å². The summed E-state index contributed by atoms with van der Waals surface area (Å²) in [6.45, 7) is 0. The van der Waals surface area contributed by atoms with Crippen LogP contribution in [0.1, 0.15) is 19.3 Å². The van der Waals surface area contributed by atoms with Crippen molar-refractivity contribution in [2.24, 2.45) is 5.92 Å². The first-order valence-electron chi connectivity index (χ1n) is 6.04. The van der Waals surface area contributed by atoms with Crippen molar-refractivity contribution in [2.45, 2.75) is 25.3 Å². The molecule has 0 amide bonds. The second-order valence-electron chi connectivity index (χ2n) is 4.57. The summed E-state index contributed by atoms with van der Waals surface area (Å²) >= 11 is 0. The van der Waals surface area contributed by atoms with Gasteiger partial charge in [0.25, 0.3) is 0 Å². The Balaban J connectivity index is 1.80. The summed E-state index contributed by atoms with van der Waals surface area (Å²) in [6.07, 6.45) is 6.06. The number of carbonyl (C=O) groups is 1. The zero-order valence-corrected chi connectivity index (χ0v) is 9.78. The van der Waals surface area contributed by atoms with Crippen LogP contribution in [0.5, 0.6) is 0 Å². The van der Waals surface area contributed by atoms with Crippen LogP contribution in [-0.2, 0) is 4.79 Å². The summed E-state index contributed by atoms with van der Waals surface area (Å²) in [5.41, 5.74) is 0.755. The molecular formula is C12H14N4O2. The predicted octanol–water partition coefficient (Wildman–Crippen LogP) is 1.39. The summed E-state index contributed by atoms with van der Waals surface area (Å²) in [5.74, 6) is -0.329. The van der Waals surface area contributed by atoms with Gasteiger partial charge in [0, 0.05) is 18.3 Å². The smallest absolute Gasteiger partial charge is 0.308 e. The first-order chi connectivity index (χ1) is 8.74. The minimum Gasteiger partial charge on any atom is -0.481 e. The lowest BCUT2D eigenvalue weighted by Crippen LogP contribution is -2.30. The predicted molar refractivity (Wildman–Crippen MR) is 65.4 cm³/mol. The number of carboxylic acids is 1. The molecule has 2 aromatic heterocycles. The van der Waals surface area contributed by atoms with Crippen molar-refractivity contribution >= 4 is 17.4 Å². The third-order valence-electron chi connectivity index (χ3n) is 3.42. The maximum absolute atomic E-state index is 11.1. The normalized spacial score (nSPS) is 23.3. The standard InChI is InChI=1S/C12H14N4O2/c17-12(18)8-2-1-3-9(8)14-10-5-7-16-11(15-10)4-6-13-16/h4-9H,1-3H2,(H,14,15)(H,17,18). The molecule has 3 rings (SSSR count). The molecule has 1 saturated carbocycles. The van der Waals surface area contributed by atoms with Gasteiger partial charge in [-0.25, -0.2) is 9.50 Å². The van der Waals surface area contributed by atoms with Crippen molar-refractivity contribution < 1.29 is 9.90 Å². The van der Waals surface area contributed by atoms with Gasteiger partial charge < -0.3 is 10.4 Å². The molecule has 0 aliphatic heterocycles. The molecule has 0 bridgehead atoms. The Labute approximate surface area is 104 Å². The maximum atomic E-state index is 11.1. The van der Waals surface area contributed by atoms with Gasteiger partial charge in [-0.3, -0.25) is 4.79 Å². The van der Waals surface area contributed by atoms with Crippen molar-refractivity contribution in [3.8, 4) is 0 Å². The first-order valence-corrected chi connectivity index (χ1v) is 6.04. The molecule has 1 aliphatic carbocycles. The van der Waals surface area contributed by atoms with Crippen LogP contribution in [-0.4, -0.2) is 31.7 Å². The van der Waals surface area contributed by atoms with Gasteiger partial charge in [0.1, 0.15) is 5.82 Å². The van der Waals surface area contributed by atoms with Gasteiger partial charge in [-0.15, -0.1) is 0 Å². The van der Waals surface area contributed by atoms with Crippen LogP contribution in [0.2, 0.25) is 0 Å². The van der Waals surface area contributed by atoms with E-state index in [0.29, 0.717) is 5.82 Å². The number of anilines is 1. The molecule has 94 valence electrons. The zero-order chi connectivity index (χ0) is 12.5. The van der Waals surface area contributed by atoms with E-state index in [9.17, 15) is 4.79 Å². The molecule has 2 N–H and O–H groups in total. The van der Waals surface area contributed by atoms with Gasteiger partial charge in [-0.1, -0.05) is 6.42 Å². The third-order valence-corrected chi connectivity index (χ3v) is 3.42. The Morgan fingerprint density at radius 3 is 3.17 bits per heavy atom. The lowest BCUT2D eigenvalue weighted by atomic mass is 10.0. The molecular weight excluding hydrogens is 232 g/mol. The number of carboxylic acid groups (broad SMARTS) is 1. The first kappa shape index (κ1) is 11.0. The largest absolute Gasteiger partial charge is 0.481 e. The fourth-order valence-corrected chi connectivity index (χ4v) is 2.51. The van der Waals surface area contributed by atoms with Crippen LogP contribution in [0.15, 0.2) is 24.5 Å². The minimum atomic E-state index is -0.726. The highest BCUT2D eigenvalue weighted by Crippen LogP contribution is 2.28. The summed E-state index contributed by atoms with van der Waals surface area (Å²) in [6, 6.07) is 3.60. The monoisotopic (exact) mass is 246 g/mol. The molecule has 0 radical (unpaired) electrons. The van der Waals surface area contributed by atoms with E-state index >= 15 is 0 Å². The van der Waals surface area contributed by atoms with Gasteiger partial charge in [0.2, 0.25) is 0 Å². The Morgan fingerprint density at radius 2 is 2.33 bits per heavy atom. The molecule has 18 heavy (non-hydrogen) atoms. The van der Waals surface area contributed by atoms with Crippen molar-refractivity contribution in [1.29, 1.82) is 0 Å². The number of hydrogen-bond acceptors (Lipinski definition) is 4. The quantitative estimate of drug-likeness (QED) is 0.855. The number of aliphatic carboxylic acids is 1. The van der Waals surface area contributed by atoms with Crippen molar-refractivity contribution in [3.05, 3.63) is 24.5 Å². The molecule has 0 saturated heterocycles. The van der Waals surface area contributed by atoms with E-state index in [2.05, 4.69) is 15.4 Å². The SMILES string of the molecule is O=C(O)C1CCCC1Nc1ccn2nccc2n1. The van der Waals surface area contributed by atoms with Crippen LogP contribution in [0, 0.1) is 5.92 Å². The molecule has 2 heterocycles. The van der Waals surface area contributed by atoms with Gasteiger partial charge in [0.15, 0.2) is 5.65 Å². The fourth-order valence-electron chi connectivity index (χ4n) is 2.51. The fraction of sp³-hybridized carbons (Fsp3) is 0.417. The van der Waals surface area contributed by atoms with Crippen LogP contribution in [0.4, 0.5) is 5.82 Å². The molecule has 6 heteroatoms. The van der Waals surface area contributed by atoms with Crippen LogP contribution >= 0.6 is 0 Å². The highest BCUT2D eigenvalue weighted by atomic mass is 16.4. The average molecular weight is 246 g/mol. The maximum Gasteiger partial charge on any atom is 0.308 e. The van der Waals surface area contributed by atoms with Crippen molar-refractivity contribution in [3.63, 3.8) is 0 Å². The molecule has 2 unspecified atom stereocenters. The van der Waals surface area contributed by atoms with E-state index in [0.717, 1.165) is 24.9 Å². The Kier molecular flexibility index (Phi) is 2.62. The molecule has 2 aromatic rings. The van der Waals surface area contributed by atoms with Crippen molar-refractivity contribution in [2.75, 3.05) is 5.32 Å². The number of fused-ring (bicyclic) bond motifs is 1. The lowest BCUT2D eigenvalue weighted by Gasteiger charge is -2.18. The summed E-state index contributed by atoms with van der Waals surface area (Å²) in [7, 11) is 0. The summed E-state index contributed by atoms with van der Waals surface area (Å²) in [5, 5.41) is 16.4. The number of rotatable bonds is 3. The van der Waals surface area contributed by atoms with Gasteiger partial charge in [0.05, 0.1) is 12.1 Å². The van der Waals surface area contributed by atoms with Gasteiger partial charge >= 0.3 is 5.97 Å². The summed E-state index contributed by atoms with van der Waals surface area (Å²) < 4.78 is 1.68. The molecule has 0 spiro atoms. The second kappa shape index (κ2) is 4.29. The van der Waals surface area contributed by atoms with E-state index < -0.39 is 5.97 Å². The Morgan fingerprint density at radius 1 is 1.44 bits per heavy atom. The number of aromatic nitrogens is 3. The molecule has 2 atom stereocenters. The Bertz CT molecular complexity index is 580. The highest BCUT2D eigenvalue weighted by Gasteiger charge is 2.32. The van der Waals surface area contributed by atoms with Crippen LogP contribution in [0.3, 0.4) is 0 Å². The zero-order valence-electron chi connectivity index (χ0n) is 9.78. The van der Waals surface area contributed by atoms with Crippen LogP contribution in [0.25, 0.3) is 5.65 Å². The number of nitrogens with zero attached hydrogens (tertiary/aromatic N) is 3. The molecule has 0 aromatic carbocycles. The van der Waals surface area contributed by atoms with E-state index in [-0.39, 0.29) is 12.0 Å². The molecule has 1 fully saturated rings. The van der Waals surface area contributed by atoms with Gasteiger partial charge in [-0.05, 0) is 18.9 Å². The van der Waals surface area contributed by atoms with E-state index in [1.807, 2.05) is 18.3 Å². The minimum absolute atomic E-state index is 0.0274. The highest BCUT2D eigenvalue weighted by molar-refractivity contribution is 5.72. The molecule has 6 nitrogen and oxygen atoms in total. The second-order valence-corrected chi connectivity index (χ2v) is 4.57.